The summed E-state index contributed by atoms with van der Waals surface area (Å²) >= 11 is 12.1. The number of rotatable bonds is 10. The van der Waals surface area contributed by atoms with Gasteiger partial charge in [0.2, 0.25) is 11.9 Å². The highest BCUT2D eigenvalue weighted by atomic mass is 35.5. The Morgan fingerprint density at radius 3 is 2.74 bits per heavy atom. The van der Waals surface area contributed by atoms with Crippen LogP contribution in [-0.2, 0) is 11.3 Å². The second-order valence-electron chi connectivity index (χ2n) is 8.47. The van der Waals surface area contributed by atoms with E-state index < -0.39 is 0 Å². The Labute approximate surface area is 209 Å². The van der Waals surface area contributed by atoms with Crippen LogP contribution in [-0.4, -0.2) is 45.8 Å². The van der Waals surface area contributed by atoms with Crippen molar-refractivity contribution < 1.29 is 9.59 Å². The summed E-state index contributed by atoms with van der Waals surface area (Å²) in [6.07, 6.45) is 10.7. The van der Waals surface area contributed by atoms with Crippen molar-refractivity contribution in [2.75, 3.05) is 23.7 Å². The molecule has 3 N–H and O–H groups in total. The highest BCUT2D eigenvalue weighted by Crippen LogP contribution is 2.25. The first-order valence-corrected chi connectivity index (χ1v) is 12.3. The maximum Gasteiger partial charge on any atom is 0.256 e. The van der Waals surface area contributed by atoms with Crippen molar-refractivity contribution in [3.63, 3.8) is 0 Å². The summed E-state index contributed by atoms with van der Waals surface area (Å²) in [5.74, 6) is 0.794. The minimum absolute atomic E-state index is 0.0896. The monoisotopic (exact) mass is 502 g/mol. The SMILES string of the molecule is O=C(NCCCN1C=CCC1=O)c1cnc(NCc2ccc(Cl)c(Cl)c2)nc1NC1CCCC1. The van der Waals surface area contributed by atoms with Crippen LogP contribution in [0.4, 0.5) is 11.8 Å². The molecule has 8 nitrogen and oxygen atoms in total. The number of benzene rings is 1. The van der Waals surface area contributed by atoms with Crippen LogP contribution in [0.2, 0.25) is 10.0 Å². The van der Waals surface area contributed by atoms with Gasteiger partial charge in [0.05, 0.1) is 10.0 Å². The molecule has 1 aliphatic heterocycles. The van der Waals surface area contributed by atoms with E-state index in [1.807, 2.05) is 12.1 Å². The van der Waals surface area contributed by atoms with Crippen LogP contribution >= 0.6 is 23.2 Å². The molecule has 2 amide bonds. The maximum absolute atomic E-state index is 12.9. The van der Waals surface area contributed by atoms with Crippen molar-refractivity contribution >= 4 is 46.8 Å². The molecule has 180 valence electrons. The third-order valence-corrected chi connectivity index (χ3v) is 6.66. The molecule has 2 aliphatic rings. The van der Waals surface area contributed by atoms with Crippen molar-refractivity contribution in [1.82, 2.24) is 20.2 Å². The quantitative estimate of drug-likeness (QED) is 0.410. The highest BCUT2D eigenvalue weighted by molar-refractivity contribution is 6.42. The van der Waals surface area contributed by atoms with Crippen molar-refractivity contribution in [3.8, 4) is 0 Å². The van der Waals surface area contributed by atoms with E-state index in [1.165, 1.54) is 0 Å². The smallest absolute Gasteiger partial charge is 0.256 e. The summed E-state index contributed by atoms with van der Waals surface area (Å²) in [4.78, 5) is 35.2. The van der Waals surface area contributed by atoms with Crippen molar-refractivity contribution in [2.24, 2.45) is 0 Å². The van der Waals surface area contributed by atoms with Gasteiger partial charge in [-0.3, -0.25) is 9.59 Å². The zero-order chi connectivity index (χ0) is 23.9. The second kappa shape index (κ2) is 11.5. The molecule has 1 aliphatic carbocycles. The standard InChI is InChI=1S/C24H28Cl2N6O2/c25-19-9-8-16(13-20(19)26)14-28-24-29-15-18(22(31-24)30-17-5-1-2-6-17)23(34)27-10-4-12-32-11-3-7-21(32)33/h3,8-9,11,13,15,17H,1-2,4-7,10,12,14H2,(H,27,34)(H2,28,29,30,31). The molecule has 1 fully saturated rings. The first kappa shape index (κ1) is 24.3. The van der Waals surface area contributed by atoms with Crippen LogP contribution in [0.3, 0.4) is 0 Å². The topological polar surface area (TPSA) is 99.2 Å². The summed E-state index contributed by atoms with van der Waals surface area (Å²) in [5.41, 5.74) is 1.35. The van der Waals surface area contributed by atoms with Gasteiger partial charge in [-0.05, 0) is 37.0 Å². The predicted molar refractivity (Wildman–Crippen MR) is 134 cm³/mol. The summed E-state index contributed by atoms with van der Waals surface area (Å²) in [5, 5.41) is 10.5. The molecule has 34 heavy (non-hydrogen) atoms. The fourth-order valence-corrected chi connectivity index (χ4v) is 4.39. The molecule has 1 aromatic heterocycles. The van der Waals surface area contributed by atoms with E-state index in [-0.39, 0.29) is 17.9 Å². The molecule has 0 radical (unpaired) electrons. The van der Waals surface area contributed by atoms with E-state index in [4.69, 9.17) is 23.2 Å². The zero-order valence-electron chi connectivity index (χ0n) is 18.8. The molecular formula is C24H28Cl2N6O2. The third kappa shape index (κ3) is 6.39. The molecule has 0 spiro atoms. The maximum atomic E-state index is 12.9. The average molecular weight is 503 g/mol. The number of anilines is 2. The van der Waals surface area contributed by atoms with Gasteiger partial charge in [-0.15, -0.1) is 0 Å². The van der Waals surface area contributed by atoms with Gasteiger partial charge in [-0.1, -0.05) is 48.2 Å². The molecule has 4 rings (SSSR count). The van der Waals surface area contributed by atoms with Crippen LogP contribution in [0, 0.1) is 0 Å². The van der Waals surface area contributed by atoms with Gasteiger partial charge < -0.3 is 20.9 Å². The lowest BCUT2D eigenvalue weighted by Gasteiger charge is -2.17. The van der Waals surface area contributed by atoms with Crippen molar-refractivity contribution in [3.05, 3.63) is 57.8 Å². The van der Waals surface area contributed by atoms with Crippen molar-refractivity contribution in [1.29, 1.82) is 0 Å². The van der Waals surface area contributed by atoms with E-state index >= 15 is 0 Å². The second-order valence-corrected chi connectivity index (χ2v) is 9.28. The first-order chi connectivity index (χ1) is 16.5. The molecule has 0 atom stereocenters. The van der Waals surface area contributed by atoms with Gasteiger partial charge in [0.25, 0.3) is 5.91 Å². The van der Waals surface area contributed by atoms with E-state index in [1.54, 1.807) is 29.4 Å². The Bertz CT molecular complexity index is 1070. The molecule has 1 aromatic carbocycles. The summed E-state index contributed by atoms with van der Waals surface area (Å²) < 4.78 is 0. The van der Waals surface area contributed by atoms with E-state index in [2.05, 4.69) is 25.9 Å². The average Bonchev–Trinajstić information content (AvgIpc) is 3.49. The largest absolute Gasteiger partial charge is 0.367 e. The predicted octanol–water partition coefficient (Wildman–Crippen LogP) is 4.62. The number of hydrogen-bond donors (Lipinski definition) is 3. The molecule has 0 bridgehead atoms. The number of carbonyl (C=O) groups excluding carboxylic acids is 2. The van der Waals surface area contributed by atoms with Gasteiger partial charge in [0, 0.05) is 44.5 Å². The van der Waals surface area contributed by atoms with Gasteiger partial charge in [0.1, 0.15) is 11.4 Å². The van der Waals surface area contributed by atoms with Gasteiger partial charge >= 0.3 is 0 Å². The number of nitrogens with zero attached hydrogens (tertiary/aromatic N) is 3. The lowest BCUT2D eigenvalue weighted by Crippen LogP contribution is -2.30. The van der Waals surface area contributed by atoms with E-state index in [9.17, 15) is 9.59 Å². The van der Waals surface area contributed by atoms with Crippen LogP contribution in [0.15, 0.2) is 36.7 Å². The fraction of sp³-hybridized carbons (Fsp3) is 0.417. The minimum Gasteiger partial charge on any atom is -0.367 e. The summed E-state index contributed by atoms with van der Waals surface area (Å²) in [6.45, 7) is 1.50. The Morgan fingerprint density at radius 2 is 2.00 bits per heavy atom. The Balaban J connectivity index is 1.39. The highest BCUT2D eigenvalue weighted by Gasteiger charge is 2.21. The fourth-order valence-electron chi connectivity index (χ4n) is 4.06. The number of halogens is 2. The van der Waals surface area contributed by atoms with Gasteiger partial charge in [-0.2, -0.15) is 4.98 Å². The summed E-state index contributed by atoms with van der Waals surface area (Å²) in [6, 6.07) is 5.71. The van der Waals surface area contributed by atoms with Crippen LogP contribution in [0.1, 0.15) is 54.4 Å². The van der Waals surface area contributed by atoms with E-state index in [0.717, 1.165) is 31.2 Å². The Morgan fingerprint density at radius 1 is 1.18 bits per heavy atom. The third-order valence-electron chi connectivity index (χ3n) is 5.92. The molecule has 0 saturated heterocycles. The van der Waals surface area contributed by atoms with Crippen LogP contribution in [0.5, 0.6) is 0 Å². The molecule has 10 heteroatoms. The van der Waals surface area contributed by atoms with Crippen LogP contribution in [0.25, 0.3) is 0 Å². The normalized spacial score (nSPS) is 15.7. The van der Waals surface area contributed by atoms with E-state index in [0.29, 0.717) is 59.9 Å². The lowest BCUT2D eigenvalue weighted by atomic mass is 10.2. The summed E-state index contributed by atoms with van der Waals surface area (Å²) in [7, 11) is 0. The number of aromatic nitrogens is 2. The Hall–Kier alpha value is -2.84. The van der Waals surface area contributed by atoms with Crippen molar-refractivity contribution in [2.45, 2.75) is 51.1 Å². The number of amides is 2. The Kier molecular flexibility index (Phi) is 8.24. The molecule has 2 aromatic rings. The first-order valence-electron chi connectivity index (χ1n) is 11.6. The number of carbonyl (C=O) groups is 2. The minimum atomic E-state index is -0.236. The molecule has 0 unspecified atom stereocenters. The molecular weight excluding hydrogens is 475 g/mol. The van der Waals surface area contributed by atoms with Crippen LogP contribution < -0.4 is 16.0 Å². The molecule has 2 heterocycles. The zero-order valence-corrected chi connectivity index (χ0v) is 20.3. The molecule has 1 saturated carbocycles. The van der Waals surface area contributed by atoms with Gasteiger partial charge in [0.15, 0.2) is 0 Å². The number of nitrogens with one attached hydrogen (secondary N) is 3. The number of hydrogen-bond acceptors (Lipinski definition) is 6. The van der Waals surface area contributed by atoms with Gasteiger partial charge in [-0.25, -0.2) is 4.98 Å². The lowest BCUT2D eigenvalue weighted by molar-refractivity contribution is -0.126.